The van der Waals surface area contributed by atoms with Gasteiger partial charge >= 0.3 is 17.9 Å². The molecule has 0 saturated carbocycles. The van der Waals surface area contributed by atoms with E-state index in [0.717, 1.165) is 154 Å². The number of allylic oxidation sites excluding steroid dienone is 24. The van der Waals surface area contributed by atoms with E-state index in [1.165, 1.54) is 25.7 Å². The minimum atomic E-state index is -0.816. The predicted molar refractivity (Wildman–Crippen MR) is 306 cm³/mol. The van der Waals surface area contributed by atoms with Crippen LogP contribution in [0.2, 0.25) is 0 Å². The van der Waals surface area contributed by atoms with Gasteiger partial charge in [-0.3, -0.25) is 14.4 Å². The summed E-state index contributed by atoms with van der Waals surface area (Å²) >= 11 is 0. The lowest BCUT2D eigenvalue weighted by atomic mass is 10.1. The van der Waals surface area contributed by atoms with Crippen LogP contribution in [0.5, 0.6) is 0 Å². The maximum atomic E-state index is 12.9. The summed E-state index contributed by atoms with van der Waals surface area (Å²) in [5.74, 6) is -0.987. The van der Waals surface area contributed by atoms with Gasteiger partial charge in [0, 0.05) is 19.3 Å². The molecule has 0 aromatic carbocycles. The normalized spacial score (nSPS) is 13.2. The smallest absolute Gasteiger partial charge is 0.306 e. The molecular weight excluding hydrogens is 877 g/mol. The largest absolute Gasteiger partial charge is 0.462 e. The van der Waals surface area contributed by atoms with Gasteiger partial charge in [0.15, 0.2) is 6.10 Å². The van der Waals surface area contributed by atoms with Crippen LogP contribution in [-0.4, -0.2) is 37.2 Å². The molecule has 0 aromatic rings. The van der Waals surface area contributed by atoms with E-state index in [2.05, 4.69) is 167 Å². The molecule has 0 amide bonds. The van der Waals surface area contributed by atoms with Crippen molar-refractivity contribution in [2.24, 2.45) is 0 Å². The van der Waals surface area contributed by atoms with Crippen LogP contribution in [0.1, 0.15) is 226 Å². The van der Waals surface area contributed by atoms with Gasteiger partial charge in [-0.15, -0.1) is 0 Å². The lowest BCUT2D eigenvalue weighted by Gasteiger charge is -2.18. The molecule has 0 rings (SSSR count). The Labute approximate surface area is 436 Å². The van der Waals surface area contributed by atoms with Crippen LogP contribution >= 0.6 is 0 Å². The third-order valence-corrected chi connectivity index (χ3v) is 11.3. The molecule has 1 unspecified atom stereocenters. The molecule has 0 aliphatic carbocycles. The maximum Gasteiger partial charge on any atom is 0.306 e. The highest BCUT2D eigenvalue weighted by atomic mass is 16.6. The van der Waals surface area contributed by atoms with E-state index >= 15 is 0 Å². The van der Waals surface area contributed by atoms with Crippen molar-refractivity contribution in [2.45, 2.75) is 232 Å². The summed E-state index contributed by atoms with van der Waals surface area (Å²) in [6, 6.07) is 0. The molecule has 0 heterocycles. The van der Waals surface area contributed by atoms with Gasteiger partial charge in [-0.1, -0.05) is 218 Å². The van der Waals surface area contributed by atoms with E-state index in [-0.39, 0.29) is 31.1 Å². The fourth-order valence-electron chi connectivity index (χ4n) is 7.18. The van der Waals surface area contributed by atoms with Crippen molar-refractivity contribution in [3.05, 3.63) is 146 Å². The Morgan fingerprint density at radius 1 is 0.282 bits per heavy atom. The number of hydrogen-bond acceptors (Lipinski definition) is 6. The summed E-state index contributed by atoms with van der Waals surface area (Å²) in [4.78, 5) is 38.2. The van der Waals surface area contributed by atoms with Crippen LogP contribution in [0.4, 0.5) is 0 Å². The first-order chi connectivity index (χ1) is 35.0. The molecule has 0 radical (unpaired) electrons. The Hall–Kier alpha value is -4.71. The third kappa shape index (κ3) is 56.1. The Kier molecular flexibility index (Phi) is 54.0. The molecule has 6 nitrogen and oxygen atoms in total. The maximum absolute atomic E-state index is 12.9. The predicted octanol–water partition coefficient (Wildman–Crippen LogP) is 19.2. The Bertz CT molecular complexity index is 1590. The van der Waals surface area contributed by atoms with Crippen LogP contribution in [0.3, 0.4) is 0 Å². The average molecular weight is 980 g/mol. The van der Waals surface area contributed by atoms with Crippen LogP contribution < -0.4 is 0 Å². The highest BCUT2D eigenvalue weighted by Crippen LogP contribution is 2.13. The van der Waals surface area contributed by atoms with Gasteiger partial charge in [0.1, 0.15) is 13.2 Å². The van der Waals surface area contributed by atoms with Gasteiger partial charge in [-0.05, 0) is 135 Å². The van der Waals surface area contributed by atoms with E-state index < -0.39 is 6.10 Å². The number of esters is 3. The molecule has 0 aliphatic heterocycles. The fourth-order valence-corrected chi connectivity index (χ4v) is 7.18. The van der Waals surface area contributed by atoms with Crippen molar-refractivity contribution >= 4 is 17.9 Å². The van der Waals surface area contributed by atoms with Crippen LogP contribution in [-0.2, 0) is 28.6 Å². The number of rotatable bonds is 49. The number of hydrogen-bond donors (Lipinski definition) is 0. The zero-order valence-electron chi connectivity index (χ0n) is 45.4. The van der Waals surface area contributed by atoms with E-state index in [0.29, 0.717) is 25.7 Å². The third-order valence-electron chi connectivity index (χ3n) is 11.3. The van der Waals surface area contributed by atoms with Crippen LogP contribution in [0, 0.1) is 0 Å². The van der Waals surface area contributed by atoms with Crippen molar-refractivity contribution in [1.29, 1.82) is 0 Å². The van der Waals surface area contributed by atoms with Gasteiger partial charge in [-0.2, -0.15) is 0 Å². The van der Waals surface area contributed by atoms with Gasteiger partial charge in [0.2, 0.25) is 0 Å². The molecular formula is C65H102O6. The van der Waals surface area contributed by atoms with Gasteiger partial charge in [0.05, 0.1) is 0 Å². The zero-order valence-corrected chi connectivity index (χ0v) is 45.4. The van der Waals surface area contributed by atoms with E-state index in [1.807, 2.05) is 0 Å². The first-order valence-electron chi connectivity index (χ1n) is 28.3. The molecule has 71 heavy (non-hydrogen) atoms. The first-order valence-corrected chi connectivity index (χ1v) is 28.3. The molecule has 0 aliphatic rings. The lowest BCUT2D eigenvalue weighted by molar-refractivity contribution is -0.167. The average Bonchev–Trinajstić information content (AvgIpc) is 3.37. The molecule has 398 valence electrons. The molecule has 0 saturated heterocycles. The topological polar surface area (TPSA) is 78.9 Å². The molecule has 0 N–H and O–H groups in total. The number of unbranched alkanes of at least 4 members (excludes halogenated alkanes) is 14. The van der Waals surface area contributed by atoms with Crippen molar-refractivity contribution in [2.75, 3.05) is 13.2 Å². The standard InChI is InChI=1S/C65H102O6/c1-4-7-10-13-16-19-22-25-28-30-32-34-37-40-43-46-49-52-55-58-64(67)70-61-62(60-69-63(66)57-54-51-48-45-42-39-36-27-24-21-18-15-12-9-6-3)71-65(68)59-56-53-50-47-44-41-38-35-33-31-29-26-23-20-17-14-11-8-5-2/h7-12,16-21,25-29,32-36,42,45,62H,4-6,13-15,22-24,30-31,37-41,43-44,46-61H2,1-3H3/b10-7-,11-8-,12-9-,19-16-,20-17-,21-18-,28-25-,29-26-,34-32-,35-33-,36-27-,45-42-. The van der Waals surface area contributed by atoms with Crippen LogP contribution in [0.15, 0.2) is 146 Å². The van der Waals surface area contributed by atoms with Crippen molar-refractivity contribution in [1.82, 2.24) is 0 Å². The highest BCUT2D eigenvalue weighted by molar-refractivity contribution is 5.71. The Morgan fingerprint density at radius 2 is 0.507 bits per heavy atom. The Balaban J connectivity index is 4.53. The van der Waals surface area contributed by atoms with Crippen molar-refractivity contribution in [3.63, 3.8) is 0 Å². The quantitative estimate of drug-likeness (QED) is 0.0262. The lowest BCUT2D eigenvalue weighted by Crippen LogP contribution is -2.30. The SMILES string of the molecule is CC/C=C\C/C=C\C/C=C\C/C=C\CCCCCCCCC(=O)OCC(COC(=O)CCCC/C=C\C/C=C\C/C=C\C/C=C\CC)OC(=O)CCCCCCCC/C=C\C/C=C\C/C=C\C/C=C\CC. The molecule has 0 fully saturated rings. The van der Waals surface area contributed by atoms with Gasteiger partial charge in [0.25, 0.3) is 0 Å². The molecule has 1 atom stereocenters. The number of ether oxygens (including phenoxy) is 3. The van der Waals surface area contributed by atoms with E-state index in [4.69, 9.17) is 14.2 Å². The molecule has 6 heteroatoms. The van der Waals surface area contributed by atoms with Crippen LogP contribution in [0.25, 0.3) is 0 Å². The molecule has 0 aromatic heterocycles. The minimum absolute atomic E-state index is 0.111. The van der Waals surface area contributed by atoms with Crippen molar-refractivity contribution in [3.8, 4) is 0 Å². The van der Waals surface area contributed by atoms with E-state index in [9.17, 15) is 14.4 Å². The zero-order chi connectivity index (χ0) is 51.4. The summed E-state index contributed by atoms with van der Waals surface area (Å²) in [5.41, 5.74) is 0. The van der Waals surface area contributed by atoms with E-state index in [1.54, 1.807) is 0 Å². The molecule has 0 bridgehead atoms. The second kappa shape index (κ2) is 57.9. The first kappa shape index (κ1) is 66.3. The summed E-state index contributed by atoms with van der Waals surface area (Å²) in [7, 11) is 0. The monoisotopic (exact) mass is 979 g/mol. The molecule has 0 spiro atoms. The van der Waals surface area contributed by atoms with Gasteiger partial charge < -0.3 is 14.2 Å². The summed E-state index contributed by atoms with van der Waals surface area (Å²) < 4.78 is 16.8. The summed E-state index contributed by atoms with van der Waals surface area (Å²) in [5, 5.41) is 0. The fraction of sp³-hybridized carbons (Fsp3) is 0.585. The number of carbonyl (C=O) groups excluding carboxylic acids is 3. The van der Waals surface area contributed by atoms with Crippen molar-refractivity contribution < 1.29 is 28.6 Å². The Morgan fingerprint density at radius 3 is 0.817 bits per heavy atom. The minimum Gasteiger partial charge on any atom is -0.462 e. The highest BCUT2D eigenvalue weighted by Gasteiger charge is 2.19. The summed E-state index contributed by atoms with van der Waals surface area (Å²) in [6.07, 6.45) is 82.6. The second-order valence-electron chi connectivity index (χ2n) is 18.0. The second-order valence-corrected chi connectivity index (χ2v) is 18.0. The van der Waals surface area contributed by atoms with Gasteiger partial charge in [-0.25, -0.2) is 0 Å². The summed E-state index contributed by atoms with van der Waals surface area (Å²) in [6.45, 7) is 6.23. The number of carbonyl (C=O) groups is 3.